The first-order valence-corrected chi connectivity index (χ1v) is 15.0. The fraction of sp³-hybridized carbons (Fsp3) is 0.273. The summed E-state index contributed by atoms with van der Waals surface area (Å²) in [5.41, 5.74) is 6.00. The molecule has 11 heteroatoms. The van der Waals surface area contributed by atoms with Crippen LogP contribution in [0, 0.1) is 0 Å². The van der Waals surface area contributed by atoms with Crippen molar-refractivity contribution in [3.8, 4) is 33.8 Å². The first-order valence-electron chi connectivity index (χ1n) is 15.0. The van der Waals surface area contributed by atoms with E-state index < -0.39 is 0 Å². The van der Waals surface area contributed by atoms with E-state index in [0.717, 1.165) is 81.8 Å². The summed E-state index contributed by atoms with van der Waals surface area (Å²) in [6.45, 7) is 4.60. The third-order valence-electron chi connectivity index (χ3n) is 8.94. The van der Waals surface area contributed by atoms with Crippen molar-refractivity contribution in [2.45, 2.75) is 18.6 Å². The zero-order valence-electron chi connectivity index (χ0n) is 23.9. The lowest BCUT2D eigenvalue weighted by molar-refractivity contribution is 0.0163. The highest BCUT2D eigenvalue weighted by Crippen LogP contribution is 2.46. The predicted molar refractivity (Wildman–Crippen MR) is 166 cm³/mol. The molecule has 0 spiro atoms. The number of hydrogen-bond donors (Lipinski definition) is 2. The summed E-state index contributed by atoms with van der Waals surface area (Å²) < 4.78 is 18.4. The van der Waals surface area contributed by atoms with Crippen LogP contribution in [0.2, 0.25) is 0 Å². The van der Waals surface area contributed by atoms with Crippen molar-refractivity contribution >= 4 is 33.4 Å². The molecule has 0 unspecified atom stereocenters. The fourth-order valence-corrected chi connectivity index (χ4v) is 6.61. The lowest BCUT2D eigenvalue weighted by Crippen LogP contribution is -2.39. The number of anilines is 2. The second-order valence-corrected chi connectivity index (χ2v) is 11.6. The van der Waals surface area contributed by atoms with Crippen molar-refractivity contribution in [2.24, 2.45) is 0 Å². The molecule has 0 radical (unpaired) electrons. The van der Waals surface area contributed by atoms with Gasteiger partial charge < -0.3 is 19.1 Å². The van der Waals surface area contributed by atoms with Crippen molar-refractivity contribution in [3.63, 3.8) is 0 Å². The van der Waals surface area contributed by atoms with Crippen LogP contribution in [0.5, 0.6) is 11.5 Å². The molecule has 0 amide bonds. The van der Waals surface area contributed by atoms with Crippen LogP contribution in [0.3, 0.4) is 0 Å². The molecule has 220 valence electrons. The van der Waals surface area contributed by atoms with E-state index in [1.807, 2.05) is 36.9 Å². The Bertz CT molecular complexity index is 1880. The first kappa shape index (κ1) is 25.6. The normalized spacial score (nSPS) is 19.0. The number of rotatable bonds is 8. The minimum Gasteiger partial charge on any atom is -0.450 e. The quantitative estimate of drug-likeness (QED) is 0.229. The number of likely N-dealkylation sites (tertiary alicyclic amines) is 1. The number of nitrogens with one attached hydrogen (secondary N) is 2. The third kappa shape index (κ3) is 4.48. The second-order valence-electron chi connectivity index (χ2n) is 11.6. The number of nitrogens with zero attached hydrogens (tertiary/aromatic N) is 6. The predicted octanol–water partition coefficient (Wildman–Crippen LogP) is 5.30. The number of morpholine rings is 1. The molecule has 2 saturated heterocycles. The summed E-state index contributed by atoms with van der Waals surface area (Å²) in [7, 11) is 0. The molecule has 3 aliphatic heterocycles. The highest BCUT2D eigenvalue weighted by molar-refractivity contribution is 5.86. The molecule has 2 bridgehead atoms. The summed E-state index contributed by atoms with van der Waals surface area (Å²) in [6, 6.07) is 17.1. The average Bonchev–Trinajstić information content (AvgIpc) is 3.88. The molecule has 2 atom stereocenters. The van der Waals surface area contributed by atoms with Gasteiger partial charge in [0, 0.05) is 60.0 Å². The summed E-state index contributed by atoms with van der Waals surface area (Å²) >= 11 is 0. The minimum absolute atomic E-state index is 0.400. The fourth-order valence-electron chi connectivity index (χ4n) is 6.61. The van der Waals surface area contributed by atoms with E-state index >= 15 is 0 Å². The Labute approximate surface area is 252 Å². The highest BCUT2D eigenvalue weighted by Gasteiger charge is 2.38. The summed E-state index contributed by atoms with van der Waals surface area (Å²) in [4.78, 5) is 14.4. The van der Waals surface area contributed by atoms with Crippen LogP contribution in [-0.2, 0) is 9.47 Å². The van der Waals surface area contributed by atoms with E-state index in [1.165, 1.54) is 0 Å². The number of hydrogen-bond acceptors (Lipinski definition) is 9. The lowest BCUT2D eigenvalue weighted by Gasteiger charge is -2.31. The Hall–Kier alpha value is -4.84. The maximum atomic E-state index is 6.54. The minimum atomic E-state index is 0.400. The van der Waals surface area contributed by atoms with Gasteiger partial charge in [0.1, 0.15) is 0 Å². The zero-order valence-corrected chi connectivity index (χ0v) is 23.9. The highest BCUT2D eigenvalue weighted by atomic mass is 16.5. The van der Waals surface area contributed by atoms with E-state index in [-0.39, 0.29) is 0 Å². The van der Waals surface area contributed by atoms with Gasteiger partial charge in [0.05, 0.1) is 49.4 Å². The largest absolute Gasteiger partial charge is 0.450 e. The number of pyridine rings is 2. The molecule has 4 aromatic heterocycles. The van der Waals surface area contributed by atoms with Gasteiger partial charge in [0.2, 0.25) is 0 Å². The molecule has 2 aromatic carbocycles. The Morgan fingerprint density at radius 2 is 1.39 bits per heavy atom. The second kappa shape index (κ2) is 10.4. The molecular formula is C33H30N8O3. The van der Waals surface area contributed by atoms with Crippen LogP contribution in [-0.4, -0.2) is 86.9 Å². The SMILES string of the molecule is c1cc2[nH]ncc2cc1-c1cnc2c(c1)Oc1cc(-c3ccc4[nH]ncc4c3)cnc1N2CCOCCN1C[C@@H]2C[C@H]1CO2. The van der Waals surface area contributed by atoms with Gasteiger partial charge in [-0.25, -0.2) is 9.97 Å². The molecule has 7 heterocycles. The van der Waals surface area contributed by atoms with E-state index in [1.54, 1.807) is 0 Å². The van der Waals surface area contributed by atoms with E-state index in [9.17, 15) is 0 Å². The maximum absolute atomic E-state index is 6.54. The van der Waals surface area contributed by atoms with Gasteiger partial charge in [-0.2, -0.15) is 10.2 Å². The third-order valence-corrected chi connectivity index (χ3v) is 8.94. The molecule has 2 fully saturated rings. The van der Waals surface area contributed by atoms with Crippen molar-refractivity contribution in [3.05, 3.63) is 73.3 Å². The average molecular weight is 587 g/mol. The number of fused-ring (bicyclic) bond motifs is 6. The summed E-state index contributed by atoms with van der Waals surface area (Å²) in [5, 5.41) is 16.4. The van der Waals surface area contributed by atoms with Crippen LogP contribution in [0.15, 0.2) is 73.3 Å². The molecule has 3 aliphatic rings. The van der Waals surface area contributed by atoms with Crippen LogP contribution in [0.25, 0.3) is 44.1 Å². The molecule has 6 aromatic rings. The van der Waals surface area contributed by atoms with E-state index in [0.29, 0.717) is 43.4 Å². The van der Waals surface area contributed by atoms with Gasteiger partial charge in [-0.1, -0.05) is 12.1 Å². The van der Waals surface area contributed by atoms with Gasteiger partial charge in [0.15, 0.2) is 23.1 Å². The van der Waals surface area contributed by atoms with E-state index in [4.69, 9.17) is 24.2 Å². The Balaban J connectivity index is 1.01. The van der Waals surface area contributed by atoms with Gasteiger partial charge >= 0.3 is 0 Å². The molecule has 0 saturated carbocycles. The molecular weight excluding hydrogens is 556 g/mol. The molecule has 0 aliphatic carbocycles. The summed E-state index contributed by atoms with van der Waals surface area (Å²) in [6.07, 6.45) is 8.98. The molecule has 11 nitrogen and oxygen atoms in total. The van der Waals surface area contributed by atoms with Crippen LogP contribution >= 0.6 is 0 Å². The smallest absolute Gasteiger partial charge is 0.177 e. The molecule has 44 heavy (non-hydrogen) atoms. The Morgan fingerprint density at radius 1 is 0.750 bits per heavy atom. The van der Waals surface area contributed by atoms with Crippen molar-refractivity contribution in [2.75, 3.05) is 44.4 Å². The van der Waals surface area contributed by atoms with E-state index in [2.05, 4.69) is 66.6 Å². The van der Waals surface area contributed by atoms with Gasteiger partial charge in [0.25, 0.3) is 0 Å². The van der Waals surface area contributed by atoms with Gasteiger partial charge in [-0.05, 0) is 53.9 Å². The van der Waals surface area contributed by atoms with Gasteiger partial charge in [-0.3, -0.25) is 15.1 Å². The van der Waals surface area contributed by atoms with Crippen molar-refractivity contribution < 1.29 is 14.2 Å². The van der Waals surface area contributed by atoms with Crippen LogP contribution in [0.4, 0.5) is 11.6 Å². The van der Waals surface area contributed by atoms with Crippen molar-refractivity contribution in [1.29, 1.82) is 0 Å². The monoisotopic (exact) mass is 586 g/mol. The number of aromatic amines is 2. The van der Waals surface area contributed by atoms with Gasteiger partial charge in [-0.15, -0.1) is 0 Å². The first-order chi connectivity index (χ1) is 21.7. The summed E-state index contributed by atoms with van der Waals surface area (Å²) in [5.74, 6) is 2.81. The number of benzene rings is 2. The van der Waals surface area contributed by atoms with Crippen LogP contribution in [0.1, 0.15) is 6.42 Å². The van der Waals surface area contributed by atoms with Crippen molar-refractivity contribution in [1.82, 2.24) is 35.3 Å². The standard InChI is InChI=1S/C33H30N8O3/c1-3-28-24(16-36-38-28)9-20(1)22-11-30-32(34-14-22)41(6-8-42-7-5-40-18-27-13-26(40)19-43-27)33-31(44-30)12-23(15-35-33)21-2-4-29-25(10-21)17-37-39-29/h1-4,9-12,14-17,26-27H,5-8,13,18-19H2,(H,36,38)(H,37,39)/t26-,27-/m0/s1. The maximum Gasteiger partial charge on any atom is 0.177 e. The Morgan fingerprint density at radius 3 is 1.98 bits per heavy atom. The number of aromatic nitrogens is 6. The molecule has 9 rings (SSSR count). The number of H-pyrrole nitrogens is 2. The number of ether oxygens (including phenoxy) is 3. The molecule has 2 N–H and O–H groups in total. The topological polar surface area (TPSA) is 117 Å². The lowest BCUT2D eigenvalue weighted by atomic mass is 10.0. The Kier molecular flexibility index (Phi) is 6.06. The zero-order chi connectivity index (χ0) is 29.0. The van der Waals surface area contributed by atoms with Crippen LogP contribution < -0.4 is 9.64 Å².